The average Bonchev–Trinajstić information content (AvgIpc) is 2.46. The van der Waals surface area contributed by atoms with Crippen molar-refractivity contribution in [2.75, 3.05) is 0 Å². The van der Waals surface area contributed by atoms with E-state index in [-0.39, 0.29) is 5.56 Å². The number of nitrogens with two attached hydrogens (primary N) is 2. The lowest BCUT2D eigenvalue weighted by Crippen LogP contribution is -2.19. The summed E-state index contributed by atoms with van der Waals surface area (Å²) < 4.78 is 0. The summed E-state index contributed by atoms with van der Waals surface area (Å²) in [6.07, 6.45) is 0.973. The van der Waals surface area contributed by atoms with E-state index in [9.17, 15) is 19.7 Å². The van der Waals surface area contributed by atoms with E-state index in [0.717, 1.165) is 6.20 Å². The lowest BCUT2D eigenvalue weighted by atomic mass is 10.1. The maximum atomic E-state index is 10.8. The van der Waals surface area contributed by atoms with Crippen LogP contribution in [0.3, 0.4) is 0 Å². The molecule has 1 rings (SSSR count). The van der Waals surface area contributed by atoms with E-state index in [4.69, 9.17) is 11.5 Å². The second kappa shape index (κ2) is 3.17. The first-order valence-corrected chi connectivity index (χ1v) is 3.40. The number of nitrogens with zero attached hydrogens (tertiary/aromatic N) is 1. The third-order valence-electron chi connectivity index (χ3n) is 1.55. The summed E-state index contributed by atoms with van der Waals surface area (Å²) in [6.45, 7) is 0. The number of H-pyrrole nitrogens is 1. The second-order valence-electron chi connectivity index (χ2n) is 2.41. The molecule has 2 amide bonds. The highest BCUT2D eigenvalue weighted by Crippen LogP contribution is 2.19. The van der Waals surface area contributed by atoms with Gasteiger partial charge in [-0.05, 0) is 4.92 Å². The van der Waals surface area contributed by atoms with E-state index in [1.807, 2.05) is 0 Å². The SMILES string of the molecule is NC(=O)c1c[nH]c([N+](=O)[O-])c1C(N)=O. The summed E-state index contributed by atoms with van der Waals surface area (Å²) in [5.41, 5.74) is 8.96. The van der Waals surface area contributed by atoms with Gasteiger partial charge in [0.15, 0.2) is 0 Å². The average molecular weight is 198 g/mol. The first kappa shape index (κ1) is 9.71. The van der Waals surface area contributed by atoms with Crippen LogP contribution in [0.1, 0.15) is 20.7 Å². The smallest absolute Gasteiger partial charge is 0.334 e. The predicted molar refractivity (Wildman–Crippen MR) is 44.5 cm³/mol. The van der Waals surface area contributed by atoms with Crippen LogP contribution >= 0.6 is 0 Å². The van der Waals surface area contributed by atoms with Crippen molar-refractivity contribution in [1.29, 1.82) is 0 Å². The molecule has 1 aromatic rings. The number of aromatic amines is 1. The van der Waals surface area contributed by atoms with Gasteiger partial charge in [0.05, 0.1) is 5.56 Å². The Labute approximate surface area is 77.0 Å². The number of hydrogen-bond acceptors (Lipinski definition) is 4. The van der Waals surface area contributed by atoms with Crippen molar-refractivity contribution < 1.29 is 14.5 Å². The zero-order valence-electron chi connectivity index (χ0n) is 6.81. The molecule has 14 heavy (non-hydrogen) atoms. The number of carbonyl (C=O) groups is 2. The highest BCUT2D eigenvalue weighted by atomic mass is 16.6. The fourth-order valence-corrected chi connectivity index (χ4v) is 1.00. The molecule has 0 spiro atoms. The first-order chi connectivity index (χ1) is 6.45. The molecule has 1 heterocycles. The van der Waals surface area contributed by atoms with Crippen molar-refractivity contribution in [1.82, 2.24) is 4.98 Å². The van der Waals surface area contributed by atoms with Gasteiger partial charge in [0.2, 0.25) is 0 Å². The number of carbonyl (C=O) groups excluding carboxylic acids is 2. The molecule has 0 saturated heterocycles. The van der Waals surface area contributed by atoms with Crippen LogP contribution < -0.4 is 11.5 Å². The fourth-order valence-electron chi connectivity index (χ4n) is 1.00. The predicted octanol–water partition coefficient (Wildman–Crippen LogP) is -0.879. The van der Waals surface area contributed by atoms with Crippen LogP contribution in [0, 0.1) is 10.1 Å². The molecule has 8 nitrogen and oxygen atoms in total. The van der Waals surface area contributed by atoms with Crippen molar-refractivity contribution in [2.24, 2.45) is 11.5 Å². The number of rotatable bonds is 3. The van der Waals surface area contributed by atoms with E-state index < -0.39 is 28.1 Å². The van der Waals surface area contributed by atoms with Crippen molar-refractivity contribution >= 4 is 17.6 Å². The highest BCUT2D eigenvalue weighted by molar-refractivity contribution is 6.08. The Morgan fingerprint density at radius 1 is 1.36 bits per heavy atom. The van der Waals surface area contributed by atoms with Gasteiger partial charge in [-0.15, -0.1) is 0 Å². The van der Waals surface area contributed by atoms with Crippen LogP contribution in [-0.2, 0) is 0 Å². The Kier molecular flexibility index (Phi) is 2.19. The molecule has 0 atom stereocenters. The minimum Gasteiger partial charge on any atom is -0.365 e. The fraction of sp³-hybridized carbons (Fsp3) is 0. The zero-order valence-corrected chi connectivity index (χ0v) is 6.81. The van der Waals surface area contributed by atoms with Crippen molar-refractivity contribution in [3.8, 4) is 0 Å². The number of nitrogens with one attached hydrogen (secondary N) is 1. The molecule has 0 bridgehead atoms. The van der Waals surface area contributed by atoms with Crippen molar-refractivity contribution in [2.45, 2.75) is 0 Å². The van der Waals surface area contributed by atoms with Crippen LogP contribution in [0.2, 0.25) is 0 Å². The van der Waals surface area contributed by atoms with Gasteiger partial charge in [-0.1, -0.05) is 0 Å². The van der Waals surface area contributed by atoms with E-state index in [1.54, 1.807) is 0 Å². The summed E-state index contributed by atoms with van der Waals surface area (Å²) in [4.78, 5) is 33.2. The second-order valence-corrected chi connectivity index (χ2v) is 2.41. The van der Waals surface area contributed by atoms with E-state index in [0.29, 0.717) is 0 Å². The molecule has 0 unspecified atom stereocenters. The number of primary amides is 2. The topological polar surface area (TPSA) is 145 Å². The summed E-state index contributed by atoms with van der Waals surface area (Å²) in [5, 5.41) is 10.4. The normalized spacial score (nSPS) is 9.71. The van der Waals surface area contributed by atoms with Gasteiger partial charge in [-0.25, -0.2) is 4.98 Å². The maximum Gasteiger partial charge on any atom is 0.334 e. The Morgan fingerprint density at radius 2 is 1.93 bits per heavy atom. The van der Waals surface area contributed by atoms with Gasteiger partial charge < -0.3 is 21.6 Å². The molecule has 5 N–H and O–H groups in total. The van der Waals surface area contributed by atoms with Gasteiger partial charge in [0, 0.05) is 0 Å². The van der Waals surface area contributed by atoms with Gasteiger partial charge in [0.25, 0.3) is 11.8 Å². The van der Waals surface area contributed by atoms with Crippen molar-refractivity contribution in [3.05, 3.63) is 27.4 Å². The van der Waals surface area contributed by atoms with E-state index in [1.165, 1.54) is 0 Å². The van der Waals surface area contributed by atoms with Crippen LogP contribution in [0.5, 0.6) is 0 Å². The lowest BCUT2D eigenvalue weighted by Gasteiger charge is -1.95. The molecule has 0 saturated carbocycles. The number of amides is 2. The molecule has 0 radical (unpaired) electrons. The van der Waals surface area contributed by atoms with Crippen LogP contribution in [0.25, 0.3) is 0 Å². The van der Waals surface area contributed by atoms with Crippen LogP contribution in [-0.4, -0.2) is 21.7 Å². The standard InChI is InChI=1S/C6H6N4O4/c7-4(11)2-1-9-6(10(13)14)3(2)5(8)12/h1,9H,(H2,7,11)(H2,8,12). The molecule has 0 aliphatic rings. The summed E-state index contributed by atoms with van der Waals surface area (Å²) >= 11 is 0. The summed E-state index contributed by atoms with van der Waals surface area (Å²) in [6, 6.07) is 0. The first-order valence-electron chi connectivity index (χ1n) is 3.40. The van der Waals surface area contributed by atoms with Gasteiger partial charge in [0.1, 0.15) is 11.8 Å². The largest absolute Gasteiger partial charge is 0.365 e. The molecule has 0 aliphatic heterocycles. The van der Waals surface area contributed by atoms with Crippen LogP contribution in [0.4, 0.5) is 5.82 Å². The lowest BCUT2D eigenvalue weighted by molar-refractivity contribution is -0.389. The molecule has 0 aromatic carbocycles. The zero-order chi connectivity index (χ0) is 10.9. The number of aromatic nitrogens is 1. The van der Waals surface area contributed by atoms with Gasteiger partial charge in [-0.3, -0.25) is 9.59 Å². The third kappa shape index (κ3) is 1.40. The Balaban J connectivity index is 3.42. The van der Waals surface area contributed by atoms with Crippen LogP contribution in [0.15, 0.2) is 6.20 Å². The quantitative estimate of drug-likeness (QED) is 0.427. The molecular weight excluding hydrogens is 192 g/mol. The monoisotopic (exact) mass is 198 g/mol. The Bertz CT molecular complexity index is 390. The Morgan fingerprint density at radius 3 is 2.29 bits per heavy atom. The van der Waals surface area contributed by atoms with Gasteiger partial charge in [-0.2, -0.15) is 0 Å². The molecular formula is C6H6N4O4. The summed E-state index contributed by atoms with van der Waals surface area (Å²) in [5.74, 6) is -2.67. The maximum absolute atomic E-state index is 10.8. The minimum absolute atomic E-state index is 0.288. The van der Waals surface area contributed by atoms with Gasteiger partial charge >= 0.3 is 5.82 Å². The Hall–Kier alpha value is -2.38. The summed E-state index contributed by atoms with van der Waals surface area (Å²) in [7, 11) is 0. The van der Waals surface area contributed by atoms with Crippen molar-refractivity contribution in [3.63, 3.8) is 0 Å². The molecule has 74 valence electrons. The minimum atomic E-state index is -1.08. The van der Waals surface area contributed by atoms with E-state index >= 15 is 0 Å². The number of nitro groups is 1. The number of hydrogen-bond donors (Lipinski definition) is 3. The molecule has 1 aromatic heterocycles. The van der Waals surface area contributed by atoms with E-state index in [2.05, 4.69) is 4.98 Å². The molecule has 0 aliphatic carbocycles. The molecule has 0 fully saturated rings. The highest BCUT2D eigenvalue weighted by Gasteiger charge is 2.26. The molecule has 8 heteroatoms. The third-order valence-corrected chi connectivity index (χ3v) is 1.55.